The van der Waals surface area contributed by atoms with Gasteiger partial charge in [-0.1, -0.05) is 35.3 Å². The zero-order valence-corrected chi connectivity index (χ0v) is 31.5. The molecule has 0 aliphatic carbocycles. The van der Waals surface area contributed by atoms with E-state index in [1.807, 2.05) is 0 Å². The smallest absolute Gasteiger partial charge is 0.258 e. The first-order chi connectivity index (χ1) is 25.8. The Labute approximate surface area is 323 Å². The van der Waals surface area contributed by atoms with Crippen molar-refractivity contribution in [3.8, 4) is 0 Å². The molecule has 0 aliphatic heterocycles. The molecule has 0 spiro atoms. The van der Waals surface area contributed by atoms with E-state index in [0.717, 1.165) is 48.5 Å². The van der Waals surface area contributed by atoms with Gasteiger partial charge in [-0.15, -0.1) is 0 Å². The molecule has 0 saturated carbocycles. The molecule has 0 heterocycles. The second-order valence-electron chi connectivity index (χ2n) is 10.8. The first-order valence-electron chi connectivity index (χ1n) is 15.1. The van der Waals surface area contributed by atoms with Gasteiger partial charge in [-0.3, -0.25) is 20.2 Å². The standard InChI is InChI=1S/C12H8Cl2O2S.C12H8F2O2S.C12H8N2O6S/c2*13-9-1-5-11(6-2-9)17(15,16)12-7-3-10(14)4-8-12;15-13(16)9-3-1-5-11(7-9)21(19,20)12-6-2-4-10(8-12)14(17)18/h2*1-8H;1-8H. The average Bonchev–Trinajstić information content (AvgIpc) is 3.16. The SMILES string of the molecule is O=S(=O)(c1ccc(Cl)cc1)c1ccc(Cl)cc1.O=S(=O)(c1ccc(F)cc1)c1ccc(F)cc1.O=[N+]([O-])c1cccc(S(=O)(=O)c2cccc([N+](=O)[O-])c2)c1. The van der Waals surface area contributed by atoms with Gasteiger partial charge in [0.05, 0.1) is 39.2 Å². The molecule has 12 nitrogen and oxygen atoms in total. The maximum atomic E-state index is 12.7. The Morgan fingerprint density at radius 3 is 0.927 bits per heavy atom. The predicted molar refractivity (Wildman–Crippen MR) is 198 cm³/mol. The van der Waals surface area contributed by atoms with Crippen LogP contribution in [0.5, 0.6) is 0 Å². The third-order valence-corrected chi connectivity index (χ3v) is 13.0. The Morgan fingerprint density at radius 1 is 0.400 bits per heavy atom. The van der Waals surface area contributed by atoms with Crippen molar-refractivity contribution in [2.24, 2.45) is 0 Å². The van der Waals surface area contributed by atoms with Crippen molar-refractivity contribution in [1.29, 1.82) is 0 Å². The van der Waals surface area contributed by atoms with Gasteiger partial charge >= 0.3 is 0 Å². The topological polar surface area (TPSA) is 189 Å². The Kier molecular flexibility index (Phi) is 13.6. The first kappa shape index (κ1) is 42.2. The summed E-state index contributed by atoms with van der Waals surface area (Å²) in [5, 5.41) is 22.4. The van der Waals surface area contributed by atoms with E-state index in [1.165, 1.54) is 72.8 Å². The second-order valence-corrected chi connectivity index (χ2v) is 17.6. The summed E-state index contributed by atoms with van der Waals surface area (Å²) in [5.41, 5.74) is -0.747. The second kappa shape index (κ2) is 17.7. The van der Waals surface area contributed by atoms with Gasteiger partial charge in [0.25, 0.3) is 11.4 Å². The van der Waals surface area contributed by atoms with Crippen LogP contribution in [0.15, 0.2) is 175 Å². The molecule has 0 bridgehead atoms. The van der Waals surface area contributed by atoms with Crippen LogP contribution in [0.25, 0.3) is 0 Å². The number of hydrogen-bond donors (Lipinski definition) is 0. The van der Waals surface area contributed by atoms with Crippen LogP contribution in [-0.2, 0) is 29.5 Å². The normalized spacial score (nSPS) is 11.3. The maximum Gasteiger partial charge on any atom is 0.270 e. The summed E-state index contributed by atoms with van der Waals surface area (Å²) >= 11 is 11.4. The molecule has 0 saturated heterocycles. The van der Waals surface area contributed by atoms with Crippen LogP contribution in [0.1, 0.15) is 0 Å². The summed E-state index contributed by atoms with van der Waals surface area (Å²) in [6.07, 6.45) is 0. The predicted octanol–water partition coefficient (Wildman–Crippen LogP) is 8.96. The summed E-state index contributed by atoms with van der Waals surface area (Å²) in [6, 6.07) is 30.1. The first-order valence-corrected chi connectivity index (χ1v) is 20.3. The molecule has 0 aromatic heterocycles. The third kappa shape index (κ3) is 10.8. The largest absolute Gasteiger partial charge is 0.270 e. The number of rotatable bonds is 8. The molecule has 0 amide bonds. The molecule has 55 heavy (non-hydrogen) atoms. The third-order valence-electron chi connectivity index (χ3n) is 7.17. The molecule has 6 aromatic rings. The highest BCUT2D eigenvalue weighted by molar-refractivity contribution is 7.92. The van der Waals surface area contributed by atoms with Crippen molar-refractivity contribution < 1.29 is 43.9 Å². The van der Waals surface area contributed by atoms with Crippen LogP contribution in [0.3, 0.4) is 0 Å². The van der Waals surface area contributed by atoms with Crippen molar-refractivity contribution in [3.63, 3.8) is 0 Å². The minimum absolute atomic E-state index is 0.0227. The molecule has 6 rings (SSSR count). The Bertz CT molecular complexity index is 2380. The fourth-order valence-electron chi connectivity index (χ4n) is 4.39. The van der Waals surface area contributed by atoms with Gasteiger partial charge in [-0.05, 0) is 109 Å². The summed E-state index contributed by atoms with van der Waals surface area (Å²) < 4.78 is 98.4. The maximum absolute atomic E-state index is 12.7. The highest BCUT2D eigenvalue weighted by atomic mass is 35.5. The quantitative estimate of drug-likeness (QED) is 0.0812. The summed E-state index contributed by atoms with van der Waals surface area (Å²) in [4.78, 5) is 19.7. The minimum Gasteiger partial charge on any atom is -0.258 e. The number of hydrogen-bond acceptors (Lipinski definition) is 10. The molecule has 284 valence electrons. The Hall–Kier alpha value is -5.59. The van der Waals surface area contributed by atoms with E-state index in [-0.39, 0.29) is 40.7 Å². The Balaban J connectivity index is 0.000000185. The van der Waals surface area contributed by atoms with Gasteiger partial charge in [-0.2, -0.15) is 0 Å². The molecule has 19 heteroatoms. The van der Waals surface area contributed by atoms with Gasteiger partial charge in [-0.25, -0.2) is 34.0 Å². The average molecular weight is 850 g/mol. The van der Waals surface area contributed by atoms with Crippen LogP contribution < -0.4 is 0 Å². The molecule has 6 aromatic carbocycles. The highest BCUT2D eigenvalue weighted by Crippen LogP contribution is 2.27. The van der Waals surface area contributed by atoms with Crippen LogP contribution in [-0.4, -0.2) is 35.1 Å². The number of nitrogens with zero attached hydrogens (tertiary/aromatic N) is 2. The van der Waals surface area contributed by atoms with E-state index in [2.05, 4.69) is 0 Å². The van der Waals surface area contributed by atoms with Crippen LogP contribution in [0.4, 0.5) is 20.2 Å². The van der Waals surface area contributed by atoms with Gasteiger partial charge < -0.3 is 0 Å². The summed E-state index contributed by atoms with van der Waals surface area (Å²) in [7, 11) is -11.3. The Morgan fingerprint density at radius 2 is 0.655 bits per heavy atom. The number of halogens is 4. The number of sulfone groups is 3. The number of nitro groups is 2. The lowest BCUT2D eigenvalue weighted by Gasteiger charge is -2.04. The molecule has 0 N–H and O–H groups in total. The monoisotopic (exact) mass is 848 g/mol. The van der Waals surface area contributed by atoms with Gasteiger partial charge in [0, 0.05) is 34.3 Å². The van der Waals surface area contributed by atoms with E-state index < -0.39 is 51.0 Å². The minimum atomic E-state index is -4.06. The molecular weight excluding hydrogens is 826 g/mol. The lowest BCUT2D eigenvalue weighted by molar-refractivity contribution is -0.385. The number of benzene rings is 6. The van der Waals surface area contributed by atoms with Crippen molar-refractivity contribution >= 4 is 64.1 Å². The van der Waals surface area contributed by atoms with Crippen molar-refractivity contribution in [3.05, 3.63) is 188 Å². The van der Waals surface area contributed by atoms with Crippen molar-refractivity contribution in [1.82, 2.24) is 0 Å². The fraction of sp³-hybridized carbons (Fsp3) is 0. The summed E-state index contributed by atoms with van der Waals surface area (Å²) in [6.45, 7) is 0. The molecule has 0 aliphatic rings. The van der Waals surface area contributed by atoms with E-state index in [0.29, 0.717) is 10.0 Å². The zero-order valence-electron chi connectivity index (χ0n) is 27.6. The number of nitro benzene ring substituents is 2. The van der Waals surface area contributed by atoms with Crippen LogP contribution in [0.2, 0.25) is 10.0 Å². The molecule has 0 unspecified atom stereocenters. The van der Waals surface area contributed by atoms with Crippen LogP contribution in [0, 0.1) is 31.9 Å². The highest BCUT2D eigenvalue weighted by Gasteiger charge is 2.23. The van der Waals surface area contributed by atoms with Crippen LogP contribution >= 0.6 is 23.2 Å². The van der Waals surface area contributed by atoms with Gasteiger partial charge in [0.15, 0.2) is 0 Å². The lowest BCUT2D eigenvalue weighted by atomic mass is 10.3. The molecule has 0 atom stereocenters. The summed E-state index contributed by atoms with van der Waals surface area (Å²) in [5.74, 6) is -1.02. The van der Waals surface area contributed by atoms with E-state index in [9.17, 15) is 54.3 Å². The van der Waals surface area contributed by atoms with Crippen molar-refractivity contribution in [2.45, 2.75) is 29.4 Å². The van der Waals surface area contributed by atoms with E-state index in [4.69, 9.17) is 23.2 Å². The van der Waals surface area contributed by atoms with Gasteiger partial charge in [0.1, 0.15) is 11.6 Å². The molecule has 0 radical (unpaired) electrons. The molecular formula is C36H24Cl2F2N2O10S3. The van der Waals surface area contributed by atoms with E-state index >= 15 is 0 Å². The van der Waals surface area contributed by atoms with Gasteiger partial charge in [0.2, 0.25) is 29.5 Å². The van der Waals surface area contributed by atoms with Crippen molar-refractivity contribution in [2.75, 3.05) is 0 Å². The number of non-ortho nitro benzene ring substituents is 2. The van der Waals surface area contributed by atoms with E-state index in [1.54, 1.807) is 24.3 Å². The lowest BCUT2D eigenvalue weighted by Crippen LogP contribution is -2.03. The fourth-order valence-corrected chi connectivity index (χ4v) is 8.50. The zero-order chi connectivity index (χ0) is 40.6. The molecule has 0 fully saturated rings.